The van der Waals surface area contributed by atoms with E-state index in [1.165, 1.54) is 11.1 Å². The second-order valence-corrected chi connectivity index (χ2v) is 8.34. The predicted octanol–water partition coefficient (Wildman–Crippen LogP) is 3.91. The standard InChI is InChI=1S/C25H25N3O2/c1-17-8-5-6-11-20(17)23-21-16-27(25(30)22-12-7-13-26-22)14-19(21)15-28(23)24(29)18-9-3-2-4-10-18/h2-13,19,21,23,26H,14-16H2,1H3/t19-,21-,23+/m0/s1. The maximum atomic E-state index is 13.4. The number of nitrogens with one attached hydrogen (secondary N) is 1. The molecule has 2 aliphatic rings. The van der Waals surface area contributed by atoms with Crippen LogP contribution >= 0.6 is 0 Å². The molecule has 3 heterocycles. The lowest BCUT2D eigenvalue weighted by molar-refractivity contribution is 0.0675. The van der Waals surface area contributed by atoms with Crippen LogP contribution in [0.3, 0.4) is 0 Å². The Kier molecular flexibility index (Phi) is 4.66. The Morgan fingerprint density at radius 1 is 0.867 bits per heavy atom. The largest absolute Gasteiger partial charge is 0.357 e. The van der Waals surface area contributed by atoms with Gasteiger partial charge in [-0.2, -0.15) is 0 Å². The number of carbonyl (C=O) groups is 2. The molecule has 152 valence electrons. The Hall–Kier alpha value is -3.34. The van der Waals surface area contributed by atoms with E-state index >= 15 is 0 Å². The van der Waals surface area contributed by atoms with Crippen molar-refractivity contribution in [1.82, 2.24) is 14.8 Å². The molecule has 3 aromatic rings. The molecule has 2 aromatic carbocycles. The number of hydrogen-bond donors (Lipinski definition) is 1. The first-order valence-corrected chi connectivity index (χ1v) is 10.5. The molecule has 0 aliphatic carbocycles. The van der Waals surface area contributed by atoms with Gasteiger partial charge in [-0.15, -0.1) is 0 Å². The smallest absolute Gasteiger partial charge is 0.270 e. The minimum atomic E-state index is -0.0228. The maximum absolute atomic E-state index is 13.4. The van der Waals surface area contributed by atoms with E-state index in [1.54, 1.807) is 6.20 Å². The van der Waals surface area contributed by atoms with E-state index in [0.717, 1.165) is 5.56 Å². The highest BCUT2D eigenvalue weighted by Crippen LogP contribution is 2.46. The van der Waals surface area contributed by atoms with Crippen molar-refractivity contribution < 1.29 is 9.59 Å². The second kappa shape index (κ2) is 7.48. The highest BCUT2D eigenvalue weighted by atomic mass is 16.2. The summed E-state index contributed by atoms with van der Waals surface area (Å²) in [5.74, 6) is 0.623. The summed E-state index contributed by atoms with van der Waals surface area (Å²) in [7, 11) is 0. The average Bonchev–Trinajstić information content (AvgIpc) is 3.50. The van der Waals surface area contributed by atoms with Gasteiger partial charge in [0.05, 0.1) is 6.04 Å². The number of H-pyrrole nitrogens is 1. The molecule has 0 unspecified atom stereocenters. The number of fused-ring (bicyclic) bond motifs is 1. The Morgan fingerprint density at radius 2 is 1.63 bits per heavy atom. The maximum Gasteiger partial charge on any atom is 0.270 e. The van der Waals surface area contributed by atoms with Crippen LogP contribution in [0, 0.1) is 18.8 Å². The highest BCUT2D eigenvalue weighted by Gasteiger charge is 2.50. The van der Waals surface area contributed by atoms with Gasteiger partial charge in [0.2, 0.25) is 0 Å². The number of carbonyl (C=O) groups excluding carboxylic acids is 2. The molecule has 2 amide bonds. The minimum absolute atomic E-state index is 0.0228. The lowest BCUT2D eigenvalue weighted by Gasteiger charge is -2.31. The molecule has 30 heavy (non-hydrogen) atoms. The summed E-state index contributed by atoms with van der Waals surface area (Å²) in [5.41, 5.74) is 3.71. The number of benzene rings is 2. The number of aryl methyl sites for hydroxylation is 1. The number of amides is 2. The van der Waals surface area contributed by atoms with Crippen molar-refractivity contribution in [2.75, 3.05) is 19.6 Å². The van der Waals surface area contributed by atoms with Crippen LogP contribution in [0.15, 0.2) is 72.9 Å². The summed E-state index contributed by atoms with van der Waals surface area (Å²) in [5, 5.41) is 0. The highest BCUT2D eigenvalue weighted by molar-refractivity contribution is 5.95. The van der Waals surface area contributed by atoms with Crippen molar-refractivity contribution in [3.8, 4) is 0 Å². The topological polar surface area (TPSA) is 56.4 Å². The van der Waals surface area contributed by atoms with Crippen LogP contribution in [-0.4, -0.2) is 46.2 Å². The van der Waals surface area contributed by atoms with E-state index < -0.39 is 0 Å². The van der Waals surface area contributed by atoms with Crippen molar-refractivity contribution >= 4 is 11.8 Å². The van der Waals surface area contributed by atoms with E-state index in [1.807, 2.05) is 64.4 Å². The Labute approximate surface area is 176 Å². The molecule has 3 atom stereocenters. The summed E-state index contributed by atoms with van der Waals surface area (Å²) >= 11 is 0. The van der Waals surface area contributed by atoms with Crippen molar-refractivity contribution in [2.45, 2.75) is 13.0 Å². The Bertz CT molecular complexity index is 1060. The van der Waals surface area contributed by atoms with Gasteiger partial charge in [-0.05, 0) is 42.3 Å². The van der Waals surface area contributed by atoms with E-state index in [0.29, 0.717) is 25.3 Å². The van der Waals surface area contributed by atoms with Crippen molar-refractivity contribution in [1.29, 1.82) is 0 Å². The van der Waals surface area contributed by atoms with Gasteiger partial charge in [0.15, 0.2) is 0 Å². The third-order valence-electron chi connectivity index (χ3n) is 6.57. The molecular formula is C25H25N3O2. The lowest BCUT2D eigenvalue weighted by atomic mass is 9.87. The zero-order valence-electron chi connectivity index (χ0n) is 17.0. The van der Waals surface area contributed by atoms with Crippen LogP contribution < -0.4 is 0 Å². The summed E-state index contributed by atoms with van der Waals surface area (Å²) in [6.07, 6.45) is 1.78. The van der Waals surface area contributed by atoms with E-state index in [9.17, 15) is 9.59 Å². The van der Waals surface area contributed by atoms with E-state index in [-0.39, 0.29) is 29.7 Å². The zero-order valence-corrected chi connectivity index (χ0v) is 17.0. The van der Waals surface area contributed by atoms with Gasteiger partial charge in [0, 0.05) is 43.2 Å². The van der Waals surface area contributed by atoms with Crippen molar-refractivity contribution in [3.63, 3.8) is 0 Å². The second-order valence-electron chi connectivity index (χ2n) is 8.34. The van der Waals surface area contributed by atoms with Gasteiger partial charge in [-0.3, -0.25) is 9.59 Å². The predicted molar refractivity (Wildman–Crippen MR) is 115 cm³/mol. The molecule has 0 saturated carbocycles. The molecule has 0 bridgehead atoms. The lowest BCUT2D eigenvalue weighted by Crippen LogP contribution is -2.37. The van der Waals surface area contributed by atoms with Crippen LogP contribution in [0.5, 0.6) is 0 Å². The summed E-state index contributed by atoms with van der Waals surface area (Å²) in [4.78, 5) is 33.3. The van der Waals surface area contributed by atoms with Gasteiger partial charge >= 0.3 is 0 Å². The number of likely N-dealkylation sites (tertiary alicyclic amines) is 2. The first-order valence-electron chi connectivity index (χ1n) is 10.5. The first kappa shape index (κ1) is 18.7. The van der Waals surface area contributed by atoms with Gasteiger partial charge in [0.1, 0.15) is 5.69 Å². The van der Waals surface area contributed by atoms with Gasteiger partial charge in [0.25, 0.3) is 11.8 Å². The summed E-state index contributed by atoms with van der Waals surface area (Å²) < 4.78 is 0. The Balaban J connectivity index is 1.47. The number of nitrogens with zero attached hydrogens (tertiary/aromatic N) is 2. The fourth-order valence-corrected chi connectivity index (χ4v) is 5.12. The van der Waals surface area contributed by atoms with Crippen molar-refractivity contribution in [3.05, 3.63) is 95.3 Å². The number of aromatic nitrogens is 1. The van der Waals surface area contributed by atoms with Crippen LogP contribution in [0.25, 0.3) is 0 Å². The molecule has 5 nitrogen and oxygen atoms in total. The SMILES string of the molecule is Cc1ccccc1[C@@H]1[C@H]2CN(C(=O)c3ccc[nH]3)C[C@H]2CN1C(=O)c1ccccc1. The molecule has 0 spiro atoms. The van der Waals surface area contributed by atoms with Crippen LogP contribution in [-0.2, 0) is 0 Å². The van der Waals surface area contributed by atoms with E-state index in [4.69, 9.17) is 0 Å². The van der Waals surface area contributed by atoms with E-state index in [2.05, 4.69) is 24.0 Å². The number of aromatic amines is 1. The van der Waals surface area contributed by atoms with Gasteiger partial charge < -0.3 is 14.8 Å². The minimum Gasteiger partial charge on any atom is -0.357 e. The quantitative estimate of drug-likeness (QED) is 0.726. The monoisotopic (exact) mass is 399 g/mol. The molecule has 1 aromatic heterocycles. The van der Waals surface area contributed by atoms with Gasteiger partial charge in [-0.25, -0.2) is 0 Å². The third kappa shape index (κ3) is 3.11. The molecule has 2 saturated heterocycles. The van der Waals surface area contributed by atoms with Gasteiger partial charge in [-0.1, -0.05) is 42.5 Å². The average molecular weight is 399 g/mol. The molecule has 5 heteroatoms. The normalized spacial score (nSPS) is 22.9. The molecule has 2 aliphatic heterocycles. The van der Waals surface area contributed by atoms with Crippen LogP contribution in [0.4, 0.5) is 0 Å². The first-order chi connectivity index (χ1) is 14.6. The third-order valence-corrected chi connectivity index (χ3v) is 6.57. The summed E-state index contributed by atoms with van der Waals surface area (Å²) in [6.45, 7) is 4.13. The molecular weight excluding hydrogens is 374 g/mol. The van der Waals surface area contributed by atoms with Crippen molar-refractivity contribution in [2.24, 2.45) is 11.8 Å². The fourth-order valence-electron chi connectivity index (χ4n) is 5.12. The summed E-state index contributed by atoms with van der Waals surface area (Å²) in [6, 6.07) is 21.5. The van der Waals surface area contributed by atoms with Crippen LogP contribution in [0.1, 0.15) is 38.0 Å². The fraction of sp³-hybridized carbons (Fsp3) is 0.280. The van der Waals surface area contributed by atoms with Crippen LogP contribution in [0.2, 0.25) is 0 Å². The number of rotatable bonds is 3. The zero-order chi connectivity index (χ0) is 20.7. The molecule has 2 fully saturated rings. The molecule has 5 rings (SSSR count). The molecule has 1 N–H and O–H groups in total. The number of hydrogen-bond acceptors (Lipinski definition) is 2. The Morgan fingerprint density at radius 3 is 2.37 bits per heavy atom. The molecule has 0 radical (unpaired) electrons.